The number of carbonyl (C=O) groups excluding carboxylic acids is 4. The van der Waals surface area contributed by atoms with Gasteiger partial charge in [0.1, 0.15) is 12.2 Å². The van der Waals surface area contributed by atoms with E-state index in [1.165, 1.54) is 13.8 Å². The van der Waals surface area contributed by atoms with Crippen molar-refractivity contribution in [2.24, 2.45) is 28.1 Å². The molecule has 10 atom stereocenters. The van der Waals surface area contributed by atoms with E-state index in [9.17, 15) is 24.3 Å². The second-order valence-electron chi connectivity index (χ2n) is 11.2. The average molecular weight is 450 g/mol. The zero-order chi connectivity index (χ0) is 23.2. The largest absolute Gasteiger partial charge is 0.459 e. The van der Waals surface area contributed by atoms with Crippen molar-refractivity contribution in [1.29, 1.82) is 0 Å². The summed E-state index contributed by atoms with van der Waals surface area (Å²) >= 11 is 0. The molecule has 0 amide bonds. The van der Waals surface area contributed by atoms with Gasteiger partial charge < -0.3 is 28.8 Å². The Morgan fingerprint density at radius 1 is 1.09 bits per heavy atom. The zero-order valence-corrected chi connectivity index (χ0v) is 18.5. The van der Waals surface area contributed by atoms with Gasteiger partial charge in [-0.05, 0) is 24.7 Å². The molecule has 6 aliphatic rings. The lowest BCUT2D eigenvalue weighted by atomic mass is 9.51. The van der Waals surface area contributed by atoms with E-state index >= 15 is 0 Å². The van der Waals surface area contributed by atoms with Crippen LogP contribution in [-0.2, 0) is 42.9 Å². The van der Waals surface area contributed by atoms with Crippen LogP contribution in [0.25, 0.3) is 0 Å². The van der Waals surface area contributed by atoms with E-state index < -0.39 is 81.8 Å². The number of carbonyl (C=O) groups is 4. The van der Waals surface area contributed by atoms with Crippen LogP contribution < -0.4 is 0 Å². The number of esters is 4. The maximum Gasteiger partial charge on any atom is 0.350 e. The van der Waals surface area contributed by atoms with Gasteiger partial charge in [-0.2, -0.15) is 0 Å². The molecular weight excluding hydrogens is 424 g/mol. The normalized spacial score (nSPS) is 54.5. The summed E-state index contributed by atoms with van der Waals surface area (Å²) in [6, 6.07) is 0. The molecule has 0 unspecified atom stereocenters. The maximum absolute atomic E-state index is 13.5. The lowest BCUT2D eigenvalue weighted by Crippen LogP contribution is -2.66. The molecule has 0 aromatic carbocycles. The van der Waals surface area contributed by atoms with Crippen LogP contribution >= 0.6 is 0 Å². The quantitative estimate of drug-likeness (QED) is 0.437. The summed E-state index contributed by atoms with van der Waals surface area (Å²) < 4.78 is 28.9. The Morgan fingerprint density at radius 2 is 1.78 bits per heavy atom. The third kappa shape index (κ3) is 1.63. The fraction of sp³-hybridized carbons (Fsp3) is 0.818. The van der Waals surface area contributed by atoms with Gasteiger partial charge in [0.2, 0.25) is 18.0 Å². The van der Waals surface area contributed by atoms with Crippen molar-refractivity contribution in [3.8, 4) is 0 Å². The van der Waals surface area contributed by atoms with Crippen LogP contribution in [-0.4, -0.2) is 64.8 Å². The Bertz CT molecular complexity index is 999. The second-order valence-corrected chi connectivity index (χ2v) is 11.2. The summed E-state index contributed by atoms with van der Waals surface area (Å²) in [5.74, 6) is -4.25. The molecule has 4 aliphatic heterocycles. The first-order valence-electron chi connectivity index (χ1n) is 11.0. The molecule has 4 heterocycles. The topological polar surface area (TPSA) is 135 Å². The van der Waals surface area contributed by atoms with E-state index in [0.29, 0.717) is 6.42 Å². The third-order valence-corrected chi connectivity index (χ3v) is 9.22. The summed E-state index contributed by atoms with van der Waals surface area (Å²) in [4.78, 5) is 51.0. The minimum atomic E-state index is -2.01. The van der Waals surface area contributed by atoms with Crippen molar-refractivity contribution < 1.29 is 48.0 Å². The molecule has 10 nitrogen and oxygen atoms in total. The summed E-state index contributed by atoms with van der Waals surface area (Å²) in [5, 5.41) is 12.0. The monoisotopic (exact) mass is 450 g/mol. The van der Waals surface area contributed by atoms with Gasteiger partial charge in [-0.25, -0.2) is 9.59 Å². The molecule has 6 rings (SSSR count). The summed E-state index contributed by atoms with van der Waals surface area (Å²) in [5.41, 5.74) is -6.99. The number of fused-ring (bicyclic) bond motifs is 1. The molecular formula is C22H26O10. The Balaban J connectivity index is 1.67. The van der Waals surface area contributed by atoms with Crippen molar-refractivity contribution in [2.75, 3.05) is 0 Å². The zero-order valence-electron chi connectivity index (χ0n) is 18.5. The van der Waals surface area contributed by atoms with Crippen LogP contribution in [0.1, 0.15) is 47.5 Å². The minimum absolute atomic E-state index is 0.0352. The van der Waals surface area contributed by atoms with Crippen LogP contribution in [0.15, 0.2) is 0 Å². The standard InChI is InChI=1S/C22H26O10/c1-8-14(24)29-12-7-19-11-6-10(18(3,4)5)20(19)13(28-9(2)23)15(25)31-17(20)32-22(19,16(26)30-11)21(8,12)27/h8,10-13,17,27H,6-7H2,1-5H3/t8-,10+,11-,12+,13+,17-,19+,20+,21-,22-/m1/s1. The summed E-state index contributed by atoms with van der Waals surface area (Å²) in [7, 11) is 0. The van der Waals surface area contributed by atoms with Crippen molar-refractivity contribution in [1.82, 2.24) is 0 Å². The maximum atomic E-state index is 13.5. The Morgan fingerprint density at radius 3 is 2.41 bits per heavy atom. The predicted octanol–water partition coefficient (Wildman–Crippen LogP) is 0.231. The Kier molecular flexibility index (Phi) is 3.38. The lowest BCUT2D eigenvalue weighted by molar-refractivity contribution is -0.238. The third-order valence-electron chi connectivity index (χ3n) is 9.22. The lowest BCUT2D eigenvalue weighted by Gasteiger charge is -2.47. The van der Waals surface area contributed by atoms with E-state index in [1.54, 1.807) is 0 Å². The number of hydrogen-bond donors (Lipinski definition) is 1. The summed E-state index contributed by atoms with van der Waals surface area (Å²) in [6.07, 6.45) is -3.93. The molecule has 2 aliphatic carbocycles. The van der Waals surface area contributed by atoms with Gasteiger partial charge in [0.15, 0.2) is 5.60 Å². The smallest absolute Gasteiger partial charge is 0.350 e. The Labute approximate surface area is 183 Å². The van der Waals surface area contributed by atoms with Gasteiger partial charge >= 0.3 is 23.9 Å². The van der Waals surface area contributed by atoms with E-state index in [-0.39, 0.29) is 12.3 Å². The highest BCUT2D eigenvalue weighted by molar-refractivity contribution is 5.93. The number of hydrogen-bond acceptors (Lipinski definition) is 10. The molecule has 2 saturated carbocycles. The number of ether oxygens (including phenoxy) is 5. The molecule has 1 N–H and O–H groups in total. The first kappa shape index (κ1) is 20.4. The van der Waals surface area contributed by atoms with Crippen LogP contribution in [0.5, 0.6) is 0 Å². The molecule has 174 valence electrons. The highest BCUT2D eigenvalue weighted by Crippen LogP contribution is 2.84. The highest BCUT2D eigenvalue weighted by atomic mass is 16.8. The fourth-order valence-corrected chi connectivity index (χ4v) is 8.35. The van der Waals surface area contributed by atoms with Crippen molar-refractivity contribution in [3.05, 3.63) is 0 Å². The Hall–Kier alpha value is -2.20. The highest BCUT2D eigenvalue weighted by Gasteiger charge is 3.01. The van der Waals surface area contributed by atoms with Gasteiger partial charge in [0.05, 0.1) is 16.7 Å². The van der Waals surface area contributed by atoms with E-state index in [2.05, 4.69) is 0 Å². The molecule has 10 heteroatoms. The average Bonchev–Trinajstić information content (AvgIpc) is 3.37. The molecule has 32 heavy (non-hydrogen) atoms. The SMILES string of the molecule is CC(=O)O[C@H]1C(=O)O[C@@H]2O[C@]34C(=O)O[C@@H]5C[C@@H](C(C)(C)C)[C@@]21[C@]53C[C@@H]1OC(=O)[C@@H](C)[C@@]14O. The van der Waals surface area contributed by atoms with E-state index in [4.69, 9.17) is 23.7 Å². The predicted molar refractivity (Wildman–Crippen MR) is 100 cm³/mol. The second kappa shape index (κ2) is 5.30. The van der Waals surface area contributed by atoms with Crippen molar-refractivity contribution in [2.45, 2.75) is 83.3 Å². The minimum Gasteiger partial charge on any atom is -0.459 e. The van der Waals surface area contributed by atoms with Gasteiger partial charge in [-0.15, -0.1) is 0 Å². The van der Waals surface area contributed by atoms with E-state index in [0.717, 1.165) is 0 Å². The number of rotatable bonds is 1. The van der Waals surface area contributed by atoms with Gasteiger partial charge in [-0.1, -0.05) is 20.8 Å². The molecule has 2 spiro atoms. The van der Waals surface area contributed by atoms with Gasteiger partial charge in [0, 0.05) is 13.3 Å². The van der Waals surface area contributed by atoms with Crippen LogP contribution in [0.3, 0.4) is 0 Å². The molecule has 0 aromatic heterocycles. The van der Waals surface area contributed by atoms with Gasteiger partial charge in [0.25, 0.3) is 0 Å². The van der Waals surface area contributed by atoms with Crippen LogP contribution in [0, 0.1) is 28.1 Å². The first-order chi connectivity index (χ1) is 14.8. The molecule has 6 fully saturated rings. The van der Waals surface area contributed by atoms with Crippen molar-refractivity contribution >= 4 is 23.9 Å². The number of aliphatic hydroxyl groups is 1. The van der Waals surface area contributed by atoms with Crippen molar-refractivity contribution in [3.63, 3.8) is 0 Å². The fourth-order valence-electron chi connectivity index (χ4n) is 8.35. The van der Waals surface area contributed by atoms with Crippen LogP contribution in [0.4, 0.5) is 0 Å². The molecule has 0 aromatic rings. The molecule has 0 radical (unpaired) electrons. The van der Waals surface area contributed by atoms with Gasteiger partial charge in [-0.3, -0.25) is 9.59 Å². The molecule has 4 saturated heterocycles. The molecule has 0 bridgehead atoms. The first-order valence-corrected chi connectivity index (χ1v) is 11.0. The summed E-state index contributed by atoms with van der Waals surface area (Å²) in [6.45, 7) is 8.66. The van der Waals surface area contributed by atoms with Crippen LogP contribution in [0.2, 0.25) is 0 Å². The van der Waals surface area contributed by atoms with E-state index in [1.807, 2.05) is 20.8 Å².